The third kappa shape index (κ3) is 5.31. The molecule has 1 fully saturated rings. The van der Waals surface area contributed by atoms with Crippen LogP contribution in [0, 0.1) is 0 Å². The Morgan fingerprint density at radius 3 is 2.70 bits per heavy atom. The number of nitrogen functional groups attached to an aromatic ring is 2. The van der Waals surface area contributed by atoms with Crippen LogP contribution in [0.3, 0.4) is 0 Å². The van der Waals surface area contributed by atoms with Crippen LogP contribution < -0.4 is 22.1 Å². The molecule has 4 rings (SSSR count). The Morgan fingerprint density at radius 2 is 2.00 bits per heavy atom. The number of halogens is 1. The Bertz CT molecular complexity index is 1050. The zero-order chi connectivity index (χ0) is 23.4. The molecule has 0 atom stereocenters. The molecule has 13 nitrogen and oxygen atoms in total. The number of hydrogen-bond acceptors (Lipinski definition) is 10. The van der Waals surface area contributed by atoms with Gasteiger partial charge in [0.05, 0.1) is 17.8 Å². The number of guanidine groups is 1. The molecule has 0 radical (unpaired) electrons. The molecule has 2 aromatic heterocycles. The van der Waals surface area contributed by atoms with Crippen molar-refractivity contribution in [3.63, 3.8) is 0 Å². The van der Waals surface area contributed by atoms with Crippen molar-refractivity contribution in [3.8, 4) is 0 Å². The Kier molecular flexibility index (Phi) is 6.90. The number of anilines is 2. The first-order valence-corrected chi connectivity index (χ1v) is 12.1. The molecule has 2 aromatic rings. The number of alkyl halides is 1. The van der Waals surface area contributed by atoms with Crippen molar-refractivity contribution >= 4 is 52.0 Å². The monoisotopic (exact) mass is 567 g/mol. The Hall–Kier alpha value is -3.04. The summed E-state index contributed by atoms with van der Waals surface area (Å²) in [7, 11) is 0. The minimum atomic E-state index is -0.491. The van der Waals surface area contributed by atoms with Crippen LogP contribution in [0.1, 0.15) is 41.9 Å². The van der Waals surface area contributed by atoms with Gasteiger partial charge in [0.15, 0.2) is 17.5 Å². The number of hydrogen-bond donors (Lipinski definition) is 4. The predicted molar refractivity (Wildman–Crippen MR) is 129 cm³/mol. The summed E-state index contributed by atoms with van der Waals surface area (Å²) >= 11 is 2.10. The fourth-order valence-corrected chi connectivity index (χ4v) is 4.49. The number of aryl methyl sites for hydroxylation is 1. The summed E-state index contributed by atoms with van der Waals surface area (Å²) in [5.74, 6) is 0.216. The van der Waals surface area contributed by atoms with Crippen molar-refractivity contribution in [1.82, 2.24) is 40.3 Å². The standard InChI is InChI=1S/C19H26IN11O2/c20-8-12-15(21)27-16(22)14(26-12)17(33)28-18-24-9-19(29-18)3-6-30(7-4-19)13(32)2-1-5-31-11-23-10-25-31/h10-11H,1-9H2,(H4,21,22,27)(H2,24,28,29,33). The molecule has 2 aliphatic heterocycles. The lowest BCUT2D eigenvalue weighted by Gasteiger charge is -2.39. The Morgan fingerprint density at radius 1 is 1.21 bits per heavy atom. The fraction of sp³-hybridized carbons (Fsp3) is 0.526. The number of nitrogens with two attached hydrogens (primary N) is 2. The maximum Gasteiger partial charge on any atom is 0.280 e. The highest BCUT2D eigenvalue weighted by atomic mass is 127. The number of piperidine rings is 1. The van der Waals surface area contributed by atoms with E-state index < -0.39 is 5.91 Å². The SMILES string of the molecule is Nc1nc(N)c(C(=O)NC2=NCC3(CCN(C(=O)CCCn4cncn4)CC3)N2)nc1CI. The van der Waals surface area contributed by atoms with Crippen LogP contribution in [0.25, 0.3) is 0 Å². The molecule has 2 aliphatic rings. The van der Waals surface area contributed by atoms with Crippen LogP contribution in [-0.2, 0) is 15.8 Å². The van der Waals surface area contributed by atoms with Gasteiger partial charge in [-0.2, -0.15) is 5.10 Å². The van der Waals surface area contributed by atoms with Gasteiger partial charge in [0.25, 0.3) is 5.91 Å². The third-order valence-electron chi connectivity index (χ3n) is 5.84. The van der Waals surface area contributed by atoms with Gasteiger partial charge in [-0.05, 0) is 19.3 Å². The van der Waals surface area contributed by atoms with Crippen molar-refractivity contribution in [2.45, 2.75) is 42.2 Å². The predicted octanol–water partition coefficient (Wildman–Crippen LogP) is -0.302. The third-order valence-corrected chi connectivity index (χ3v) is 6.56. The van der Waals surface area contributed by atoms with Crippen LogP contribution in [-0.4, -0.2) is 72.6 Å². The highest BCUT2D eigenvalue weighted by molar-refractivity contribution is 14.1. The number of carbonyl (C=O) groups excluding carboxylic acids is 2. The van der Waals surface area contributed by atoms with E-state index in [9.17, 15) is 9.59 Å². The second kappa shape index (κ2) is 9.84. The summed E-state index contributed by atoms with van der Waals surface area (Å²) in [5, 5.41) is 10.1. The zero-order valence-electron chi connectivity index (χ0n) is 18.0. The van der Waals surface area contributed by atoms with Gasteiger partial charge >= 0.3 is 0 Å². The van der Waals surface area contributed by atoms with Crippen molar-refractivity contribution < 1.29 is 9.59 Å². The molecule has 0 aromatic carbocycles. The maximum absolute atomic E-state index is 12.7. The molecule has 0 aliphatic carbocycles. The molecule has 33 heavy (non-hydrogen) atoms. The molecule has 0 saturated carbocycles. The van der Waals surface area contributed by atoms with E-state index >= 15 is 0 Å². The lowest BCUT2D eigenvalue weighted by Crippen LogP contribution is -2.57. The van der Waals surface area contributed by atoms with E-state index in [1.54, 1.807) is 11.0 Å². The highest BCUT2D eigenvalue weighted by Gasteiger charge is 2.40. The van der Waals surface area contributed by atoms with E-state index in [2.05, 4.69) is 58.3 Å². The first kappa shape index (κ1) is 23.1. The summed E-state index contributed by atoms with van der Waals surface area (Å²) in [6.07, 6.45) is 5.81. The van der Waals surface area contributed by atoms with Crippen molar-refractivity contribution in [1.29, 1.82) is 0 Å². The summed E-state index contributed by atoms with van der Waals surface area (Å²) in [6, 6.07) is 0. The van der Waals surface area contributed by atoms with Gasteiger partial charge < -0.3 is 21.7 Å². The van der Waals surface area contributed by atoms with Crippen LogP contribution in [0.2, 0.25) is 0 Å². The molecule has 1 saturated heterocycles. The number of rotatable bonds is 6. The minimum Gasteiger partial charge on any atom is -0.382 e. The highest BCUT2D eigenvalue weighted by Crippen LogP contribution is 2.26. The molecular weight excluding hydrogens is 541 g/mol. The van der Waals surface area contributed by atoms with E-state index in [-0.39, 0.29) is 28.8 Å². The summed E-state index contributed by atoms with van der Waals surface area (Å²) in [4.78, 5) is 43.7. The van der Waals surface area contributed by atoms with Crippen LogP contribution in [0.4, 0.5) is 11.6 Å². The normalized spacial score (nSPS) is 17.0. The second-order valence-corrected chi connectivity index (χ2v) is 8.85. The molecule has 1 spiro atoms. The van der Waals surface area contributed by atoms with E-state index in [1.165, 1.54) is 6.33 Å². The molecular formula is C19H26IN11O2. The molecule has 176 valence electrons. The number of nitrogens with one attached hydrogen (secondary N) is 2. The maximum atomic E-state index is 12.7. The lowest BCUT2D eigenvalue weighted by molar-refractivity contribution is -0.132. The molecule has 0 bridgehead atoms. The fourth-order valence-electron chi connectivity index (χ4n) is 3.93. The van der Waals surface area contributed by atoms with Gasteiger partial charge in [-0.1, -0.05) is 22.6 Å². The molecule has 14 heteroatoms. The minimum absolute atomic E-state index is 0.0209. The average Bonchev–Trinajstić information content (AvgIpc) is 3.45. The van der Waals surface area contributed by atoms with Gasteiger partial charge in [0.1, 0.15) is 18.5 Å². The molecule has 6 N–H and O–H groups in total. The quantitative estimate of drug-likeness (QED) is 0.269. The topological polar surface area (TPSA) is 182 Å². The van der Waals surface area contributed by atoms with Gasteiger partial charge in [-0.3, -0.25) is 24.6 Å². The molecule has 0 unspecified atom stereocenters. The number of aliphatic imine (C=N–C) groups is 1. The number of nitrogens with zero attached hydrogens (tertiary/aromatic N) is 7. The van der Waals surface area contributed by atoms with E-state index in [0.717, 1.165) is 19.3 Å². The number of aromatic nitrogens is 5. The Labute approximate surface area is 204 Å². The van der Waals surface area contributed by atoms with Gasteiger partial charge in [-0.15, -0.1) is 0 Å². The van der Waals surface area contributed by atoms with Crippen LogP contribution >= 0.6 is 22.6 Å². The van der Waals surface area contributed by atoms with Crippen LogP contribution in [0.5, 0.6) is 0 Å². The van der Waals surface area contributed by atoms with E-state index in [0.29, 0.717) is 48.7 Å². The van der Waals surface area contributed by atoms with Crippen LogP contribution in [0.15, 0.2) is 17.6 Å². The lowest BCUT2D eigenvalue weighted by atomic mass is 9.88. The first-order chi connectivity index (χ1) is 15.9. The first-order valence-electron chi connectivity index (χ1n) is 10.6. The van der Waals surface area contributed by atoms with E-state index in [4.69, 9.17) is 11.5 Å². The zero-order valence-corrected chi connectivity index (χ0v) is 20.2. The van der Waals surface area contributed by atoms with Crippen molar-refractivity contribution in [2.24, 2.45) is 4.99 Å². The van der Waals surface area contributed by atoms with Crippen molar-refractivity contribution in [2.75, 3.05) is 31.1 Å². The van der Waals surface area contributed by atoms with Gasteiger partial charge in [0, 0.05) is 30.5 Å². The molecule has 2 amide bonds. The van der Waals surface area contributed by atoms with Crippen molar-refractivity contribution in [3.05, 3.63) is 24.0 Å². The molecule has 4 heterocycles. The largest absolute Gasteiger partial charge is 0.382 e. The van der Waals surface area contributed by atoms with Gasteiger partial charge in [-0.25, -0.2) is 15.0 Å². The number of carbonyl (C=O) groups is 2. The Balaban J connectivity index is 1.26. The second-order valence-electron chi connectivity index (χ2n) is 8.09. The van der Waals surface area contributed by atoms with Gasteiger partial charge in [0.2, 0.25) is 5.91 Å². The smallest absolute Gasteiger partial charge is 0.280 e. The average molecular weight is 567 g/mol. The number of likely N-dealkylation sites (tertiary alicyclic amines) is 1. The summed E-state index contributed by atoms with van der Waals surface area (Å²) in [6.45, 7) is 2.48. The summed E-state index contributed by atoms with van der Waals surface area (Å²) < 4.78 is 2.23. The summed E-state index contributed by atoms with van der Waals surface area (Å²) in [5.41, 5.74) is 11.9. The van der Waals surface area contributed by atoms with E-state index in [1.807, 2.05) is 4.90 Å². The number of amides is 2.